The third kappa shape index (κ3) is 2.17. The van der Waals surface area contributed by atoms with Crippen LogP contribution in [0.3, 0.4) is 0 Å². The Kier molecular flexibility index (Phi) is 1.66. The predicted molar refractivity (Wildman–Crippen MR) is 42.3 cm³/mol. The quantitative estimate of drug-likeness (QED) is 0.481. The van der Waals surface area contributed by atoms with E-state index in [1.807, 2.05) is 30.3 Å². The zero-order chi connectivity index (χ0) is 9.73. The van der Waals surface area contributed by atoms with Crippen molar-refractivity contribution in [1.82, 2.24) is 10.9 Å². The van der Waals surface area contributed by atoms with Gasteiger partial charge in [0.2, 0.25) is 0 Å². The molecule has 2 heteroatoms. The van der Waals surface area contributed by atoms with Gasteiger partial charge in [0, 0.05) is 10.7 Å². The minimum Gasteiger partial charge on any atom is -0.261 e. The molecule has 2 nitrogen and oxygen atoms in total. The van der Waals surface area contributed by atoms with Crippen molar-refractivity contribution in [3.8, 4) is 0 Å². The summed E-state index contributed by atoms with van der Waals surface area (Å²) in [6, 6.07) is 9.59. The molecule has 1 aromatic rings. The minimum atomic E-state index is -2.13. The van der Waals surface area contributed by atoms with Crippen LogP contribution in [0.25, 0.3) is 0 Å². The summed E-state index contributed by atoms with van der Waals surface area (Å²) in [4.78, 5) is 0. The molecule has 54 valence electrons. The second kappa shape index (κ2) is 4.04. The zero-order valence-corrected chi connectivity index (χ0v) is 5.59. The van der Waals surface area contributed by atoms with Crippen LogP contribution >= 0.6 is 0 Å². The van der Waals surface area contributed by atoms with Crippen molar-refractivity contribution in [1.29, 1.82) is 0 Å². The van der Waals surface area contributed by atoms with E-state index in [0.29, 0.717) is 6.54 Å². The van der Waals surface area contributed by atoms with Crippen molar-refractivity contribution >= 4 is 0 Å². The van der Waals surface area contributed by atoms with Crippen molar-refractivity contribution in [3.05, 3.63) is 35.9 Å². The van der Waals surface area contributed by atoms with Gasteiger partial charge in [-0.2, -0.15) is 0 Å². The van der Waals surface area contributed by atoms with Gasteiger partial charge in [0.25, 0.3) is 0 Å². The van der Waals surface area contributed by atoms with E-state index in [4.69, 9.17) is 4.11 Å². The molecule has 0 atom stereocenters. The highest BCUT2D eigenvalue weighted by atomic mass is 15.4. The lowest BCUT2D eigenvalue weighted by atomic mass is 10.2. The van der Waals surface area contributed by atoms with E-state index in [-0.39, 0.29) is 0 Å². The molecule has 0 aromatic heterocycles. The number of hydrazine groups is 1. The molecule has 0 amide bonds. The molecule has 0 fully saturated rings. The Hall–Kier alpha value is -0.860. The highest BCUT2D eigenvalue weighted by Gasteiger charge is 1.85. The Balaban J connectivity index is 2.29. The van der Waals surface area contributed by atoms with Crippen LogP contribution in [0.1, 0.15) is 9.68 Å². The van der Waals surface area contributed by atoms with Gasteiger partial charge in [-0.1, -0.05) is 30.3 Å². The molecule has 0 aliphatic rings. The second-order valence-corrected chi connectivity index (χ2v) is 1.96. The van der Waals surface area contributed by atoms with Crippen LogP contribution in [0.2, 0.25) is 0 Å². The molecular weight excluding hydrogens is 125 g/mol. The van der Waals surface area contributed by atoms with Gasteiger partial charge in [-0.15, -0.1) is 0 Å². The van der Waals surface area contributed by atoms with Crippen molar-refractivity contribution in [2.24, 2.45) is 0 Å². The molecule has 1 aromatic carbocycles. The van der Waals surface area contributed by atoms with Gasteiger partial charge >= 0.3 is 0 Å². The van der Waals surface area contributed by atoms with Crippen LogP contribution in [0.4, 0.5) is 0 Å². The second-order valence-electron chi connectivity index (χ2n) is 1.96. The van der Waals surface area contributed by atoms with Gasteiger partial charge in [-0.25, -0.2) is 0 Å². The Labute approximate surface area is 65.4 Å². The fourth-order valence-corrected chi connectivity index (χ4v) is 0.742. The molecule has 0 aliphatic carbocycles. The van der Waals surface area contributed by atoms with E-state index in [1.54, 1.807) is 0 Å². The first-order valence-electron chi connectivity index (χ1n) is 4.62. The molecule has 0 bridgehead atoms. The van der Waals surface area contributed by atoms with Crippen LogP contribution in [0.5, 0.6) is 0 Å². The molecule has 0 unspecified atom stereocenters. The maximum Gasteiger partial charge on any atom is 0.0406 e. The molecule has 2 N–H and O–H groups in total. The normalized spacial score (nSPS) is 15.4. The molecule has 0 saturated heterocycles. The first-order chi connectivity index (χ1) is 6.08. The van der Waals surface area contributed by atoms with E-state index >= 15 is 0 Å². The standard InChI is InChI=1S/C8H12N2/c1-9-10-7-8-5-3-2-4-6-8/h2-6,9-10H,7H2,1H3/i1+1D3. The molecule has 0 aliphatic heterocycles. The third-order valence-corrected chi connectivity index (χ3v) is 1.22. The Morgan fingerprint density at radius 1 is 1.40 bits per heavy atom. The number of benzene rings is 1. The highest BCUT2D eigenvalue weighted by Crippen LogP contribution is 1.95. The van der Waals surface area contributed by atoms with Crippen LogP contribution < -0.4 is 10.9 Å². The first kappa shape index (κ1) is 4.11. The van der Waals surface area contributed by atoms with Crippen LogP contribution in [0.15, 0.2) is 30.3 Å². The van der Waals surface area contributed by atoms with Crippen LogP contribution in [-0.4, -0.2) is 6.98 Å². The summed E-state index contributed by atoms with van der Waals surface area (Å²) in [5, 5.41) is 0. The van der Waals surface area contributed by atoms with Crippen molar-refractivity contribution in [3.63, 3.8) is 0 Å². The molecule has 0 spiro atoms. The van der Waals surface area contributed by atoms with E-state index in [0.717, 1.165) is 5.56 Å². The Morgan fingerprint density at radius 3 is 2.90 bits per heavy atom. The smallest absolute Gasteiger partial charge is 0.0406 e. The molecule has 10 heavy (non-hydrogen) atoms. The number of hydrogen-bond donors (Lipinski definition) is 2. The number of nitrogens with one attached hydrogen (secondary N) is 2. The summed E-state index contributed by atoms with van der Waals surface area (Å²) < 4.78 is 20.6. The van der Waals surface area contributed by atoms with Crippen molar-refractivity contribution < 1.29 is 4.11 Å². The molecular formula is C8H12N2. The summed E-state index contributed by atoms with van der Waals surface area (Å²) in [7, 11) is 0. The van der Waals surface area contributed by atoms with Crippen molar-refractivity contribution in [2.75, 3.05) is 6.98 Å². The average Bonchev–Trinajstić information content (AvgIpc) is 2.04. The number of hydrogen-bond acceptors (Lipinski definition) is 2. The number of rotatable bonds is 3. The van der Waals surface area contributed by atoms with Gasteiger partial charge in [-0.3, -0.25) is 10.9 Å². The summed E-state index contributed by atoms with van der Waals surface area (Å²) in [6.07, 6.45) is 0. The third-order valence-electron chi connectivity index (χ3n) is 1.22. The lowest BCUT2D eigenvalue weighted by Crippen LogP contribution is -2.26. The van der Waals surface area contributed by atoms with Gasteiger partial charge in [0.05, 0.1) is 0 Å². The van der Waals surface area contributed by atoms with Gasteiger partial charge < -0.3 is 0 Å². The predicted octanol–water partition coefficient (Wildman–Crippen LogP) is 0.911. The molecule has 0 heterocycles. The largest absolute Gasteiger partial charge is 0.261 e. The minimum absolute atomic E-state index is 0.499. The van der Waals surface area contributed by atoms with E-state index < -0.39 is 6.98 Å². The van der Waals surface area contributed by atoms with Gasteiger partial charge in [0.15, 0.2) is 0 Å². The lowest BCUT2D eigenvalue weighted by molar-refractivity contribution is 0.596. The Morgan fingerprint density at radius 2 is 2.20 bits per heavy atom. The average molecular weight is 140 g/mol. The summed E-state index contributed by atoms with van der Waals surface area (Å²) in [5.74, 6) is 0. The van der Waals surface area contributed by atoms with Crippen molar-refractivity contribution in [2.45, 2.75) is 6.54 Å². The Bertz CT molecular complexity index is 245. The summed E-state index contributed by atoms with van der Waals surface area (Å²) in [6.45, 7) is -1.63. The molecule has 0 radical (unpaired) electrons. The summed E-state index contributed by atoms with van der Waals surface area (Å²) >= 11 is 0. The highest BCUT2D eigenvalue weighted by molar-refractivity contribution is 5.13. The fraction of sp³-hybridized carbons (Fsp3) is 0.250. The van der Waals surface area contributed by atoms with E-state index in [9.17, 15) is 0 Å². The van der Waals surface area contributed by atoms with Crippen LogP contribution in [0, 0.1) is 0 Å². The van der Waals surface area contributed by atoms with Gasteiger partial charge in [-0.05, 0) is 12.5 Å². The maximum absolute atomic E-state index is 6.86. The van der Waals surface area contributed by atoms with E-state index in [1.165, 1.54) is 0 Å². The zero-order valence-electron chi connectivity index (χ0n) is 8.59. The molecule has 1 rings (SSSR count). The lowest BCUT2D eigenvalue weighted by Gasteiger charge is -2.00. The summed E-state index contributed by atoms with van der Waals surface area (Å²) in [5.41, 5.74) is 5.89. The van der Waals surface area contributed by atoms with E-state index in [2.05, 4.69) is 10.9 Å². The fourth-order valence-electron chi connectivity index (χ4n) is 0.742. The maximum atomic E-state index is 6.86. The van der Waals surface area contributed by atoms with Gasteiger partial charge in [0.1, 0.15) is 0 Å². The first-order valence-corrected chi connectivity index (χ1v) is 3.12. The van der Waals surface area contributed by atoms with Crippen LogP contribution in [-0.2, 0) is 6.54 Å². The SMILES string of the molecule is [2H][13C]([2H])([2H])NNCc1ccccc1. The topological polar surface area (TPSA) is 24.1 Å². The monoisotopic (exact) mass is 140 g/mol. The molecule has 0 saturated carbocycles.